The van der Waals surface area contributed by atoms with Gasteiger partial charge in [-0.3, -0.25) is 10.1 Å². The molecule has 4 nitrogen and oxygen atoms in total. The van der Waals surface area contributed by atoms with Gasteiger partial charge in [-0.05, 0) is 32.6 Å². The van der Waals surface area contributed by atoms with E-state index < -0.39 is 0 Å². The quantitative estimate of drug-likeness (QED) is 0.764. The number of esters is 1. The van der Waals surface area contributed by atoms with E-state index in [2.05, 4.69) is 5.32 Å². The lowest BCUT2D eigenvalue weighted by atomic mass is 9.94. The molecule has 2 unspecified atom stereocenters. The zero-order chi connectivity index (χ0) is 12.8. The predicted octanol–water partition coefficient (Wildman–Crippen LogP) is 2.02. The summed E-state index contributed by atoms with van der Waals surface area (Å²) in [5, 5.41) is 3.48. The first-order chi connectivity index (χ1) is 8.81. The van der Waals surface area contributed by atoms with Crippen LogP contribution in [-0.2, 0) is 14.3 Å². The van der Waals surface area contributed by atoms with Crippen LogP contribution in [0.4, 0.5) is 0 Å². The number of carbonyl (C=O) groups is 1. The molecule has 18 heavy (non-hydrogen) atoms. The van der Waals surface area contributed by atoms with E-state index in [4.69, 9.17) is 9.47 Å². The van der Waals surface area contributed by atoms with Crippen molar-refractivity contribution in [3.05, 3.63) is 0 Å². The van der Waals surface area contributed by atoms with E-state index in [1.54, 1.807) is 0 Å². The van der Waals surface area contributed by atoms with Gasteiger partial charge >= 0.3 is 5.97 Å². The number of hydrogen-bond donors (Lipinski definition) is 1. The van der Waals surface area contributed by atoms with Gasteiger partial charge in [0.2, 0.25) is 0 Å². The van der Waals surface area contributed by atoms with Crippen LogP contribution >= 0.6 is 0 Å². The second-order valence-corrected chi connectivity index (χ2v) is 5.28. The van der Waals surface area contributed by atoms with Crippen molar-refractivity contribution in [2.45, 2.75) is 70.1 Å². The van der Waals surface area contributed by atoms with E-state index in [0.717, 1.165) is 19.4 Å². The van der Waals surface area contributed by atoms with E-state index in [1.165, 1.54) is 32.1 Å². The van der Waals surface area contributed by atoms with Crippen molar-refractivity contribution < 1.29 is 14.3 Å². The van der Waals surface area contributed by atoms with Crippen molar-refractivity contribution in [2.24, 2.45) is 0 Å². The molecule has 1 saturated carbocycles. The summed E-state index contributed by atoms with van der Waals surface area (Å²) in [7, 11) is 0. The van der Waals surface area contributed by atoms with Crippen LogP contribution in [0.25, 0.3) is 0 Å². The second-order valence-electron chi connectivity index (χ2n) is 5.28. The summed E-state index contributed by atoms with van der Waals surface area (Å²) < 4.78 is 10.8. The lowest BCUT2D eigenvalue weighted by Crippen LogP contribution is -2.51. The van der Waals surface area contributed by atoms with Gasteiger partial charge in [-0.2, -0.15) is 0 Å². The van der Waals surface area contributed by atoms with Gasteiger partial charge in [-0.1, -0.05) is 19.3 Å². The van der Waals surface area contributed by atoms with Gasteiger partial charge in [0.15, 0.2) is 0 Å². The van der Waals surface area contributed by atoms with Crippen LogP contribution in [0, 0.1) is 0 Å². The van der Waals surface area contributed by atoms with Crippen molar-refractivity contribution in [3.63, 3.8) is 0 Å². The topological polar surface area (TPSA) is 47.6 Å². The molecule has 0 aromatic carbocycles. The molecular formula is C14H25NO3. The largest absolute Gasteiger partial charge is 0.465 e. The maximum Gasteiger partial charge on any atom is 0.325 e. The first kappa shape index (κ1) is 13.8. The fourth-order valence-electron chi connectivity index (χ4n) is 2.95. The summed E-state index contributed by atoms with van der Waals surface area (Å²) in [4.78, 5) is 12.0. The first-order valence-electron chi connectivity index (χ1n) is 7.35. The Hall–Kier alpha value is -0.610. The van der Waals surface area contributed by atoms with Gasteiger partial charge in [0.05, 0.1) is 12.7 Å². The third kappa shape index (κ3) is 3.69. The third-order valence-corrected chi connectivity index (χ3v) is 3.90. The highest BCUT2D eigenvalue weighted by atomic mass is 16.5. The number of hydrogen-bond acceptors (Lipinski definition) is 4. The van der Waals surface area contributed by atoms with Crippen molar-refractivity contribution >= 4 is 5.97 Å². The fraction of sp³-hybridized carbons (Fsp3) is 0.929. The molecule has 1 N–H and O–H groups in total. The van der Waals surface area contributed by atoms with Gasteiger partial charge in [0, 0.05) is 12.6 Å². The molecule has 1 heterocycles. The number of ether oxygens (including phenoxy) is 2. The lowest BCUT2D eigenvalue weighted by molar-refractivity contribution is -0.149. The Morgan fingerprint density at radius 2 is 2.06 bits per heavy atom. The highest BCUT2D eigenvalue weighted by molar-refractivity contribution is 5.76. The minimum absolute atomic E-state index is 0.00553. The maximum atomic E-state index is 12.0. The van der Waals surface area contributed by atoms with Crippen LogP contribution in [0.3, 0.4) is 0 Å². The van der Waals surface area contributed by atoms with Crippen molar-refractivity contribution in [1.82, 2.24) is 5.32 Å². The minimum atomic E-state index is -0.268. The Morgan fingerprint density at radius 1 is 1.28 bits per heavy atom. The lowest BCUT2D eigenvalue weighted by Gasteiger charge is -2.30. The average molecular weight is 255 g/mol. The van der Waals surface area contributed by atoms with Crippen molar-refractivity contribution in [2.75, 3.05) is 13.2 Å². The predicted molar refractivity (Wildman–Crippen MR) is 69.4 cm³/mol. The molecule has 0 aromatic heterocycles. The van der Waals surface area contributed by atoms with E-state index in [0.29, 0.717) is 12.6 Å². The molecule has 2 aliphatic rings. The molecule has 0 amide bonds. The van der Waals surface area contributed by atoms with E-state index in [1.807, 2.05) is 6.92 Å². The molecule has 2 atom stereocenters. The van der Waals surface area contributed by atoms with Gasteiger partial charge in [0.1, 0.15) is 6.04 Å². The minimum Gasteiger partial charge on any atom is -0.465 e. The normalized spacial score (nSPS) is 27.1. The fourth-order valence-corrected chi connectivity index (χ4v) is 2.95. The zero-order valence-corrected chi connectivity index (χ0v) is 11.3. The van der Waals surface area contributed by atoms with Crippen LogP contribution in [0.2, 0.25) is 0 Å². The Balaban J connectivity index is 1.91. The third-order valence-electron chi connectivity index (χ3n) is 3.90. The molecule has 0 radical (unpaired) electrons. The molecule has 2 fully saturated rings. The summed E-state index contributed by atoms with van der Waals surface area (Å²) in [6.07, 6.45) is 8.20. The Morgan fingerprint density at radius 3 is 2.67 bits per heavy atom. The summed E-state index contributed by atoms with van der Waals surface area (Å²) in [5.41, 5.74) is 0. The monoisotopic (exact) mass is 255 g/mol. The van der Waals surface area contributed by atoms with Crippen molar-refractivity contribution in [1.29, 1.82) is 0 Å². The Bertz CT molecular complexity index is 258. The van der Waals surface area contributed by atoms with E-state index in [9.17, 15) is 4.79 Å². The molecule has 1 aliphatic carbocycles. The van der Waals surface area contributed by atoms with E-state index in [-0.39, 0.29) is 18.1 Å². The van der Waals surface area contributed by atoms with Crippen molar-refractivity contribution in [3.8, 4) is 0 Å². The standard InChI is InChI=1S/C14H25NO3/c1-2-17-14(16)13(12-9-6-10-18-12)15-11-7-4-3-5-8-11/h11-13,15H,2-10H2,1H3. The zero-order valence-electron chi connectivity index (χ0n) is 11.3. The summed E-state index contributed by atoms with van der Waals surface area (Å²) in [6.45, 7) is 3.06. The van der Waals surface area contributed by atoms with Crippen LogP contribution in [0.15, 0.2) is 0 Å². The first-order valence-corrected chi connectivity index (χ1v) is 7.35. The summed E-state index contributed by atoms with van der Waals surface area (Å²) in [5.74, 6) is -0.144. The molecule has 2 rings (SSSR count). The molecule has 0 bridgehead atoms. The van der Waals surface area contributed by atoms with Crippen LogP contribution in [-0.4, -0.2) is 37.4 Å². The van der Waals surface area contributed by atoms with Gasteiger partial charge in [0.25, 0.3) is 0 Å². The molecule has 104 valence electrons. The van der Waals surface area contributed by atoms with Gasteiger partial charge in [-0.25, -0.2) is 0 Å². The van der Waals surface area contributed by atoms with Crippen LogP contribution < -0.4 is 5.32 Å². The Labute approximate surface area is 109 Å². The number of nitrogens with one attached hydrogen (secondary N) is 1. The van der Waals surface area contributed by atoms with Gasteiger partial charge in [-0.15, -0.1) is 0 Å². The molecule has 0 aromatic rings. The molecule has 0 spiro atoms. The summed E-state index contributed by atoms with van der Waals surface area (Å²) in [6, 6.07) is 0.188. The maximum absolute atomic E-state index is 12.0. The molecule has 1 saturated heterocycles. The summed E-state index contributed by atoms with van der Waals surface area (Å²) >= 11 is 0. The second kappa shape index (κ2) is 7.10. The van der Waals surface area contributed by atoms with Crippen LogP contribution in [0.1, 0.15) is 51.9 Å². The smallest absolute Gasteiger partial charge is 0.325 e. The SMILES string of the molecule is CCOC(=O)C(NC1CCCCC1)C1CCCO1. The number of rotatable bonds is 5. The highest BCUT2D eigenvalue weighted by Crippen LogP contribution is 2.22. The van der Waals surface area contributed by atoms with E-state index >= 15 is 0 Å². The molecular weight excluding hydrogens is 230 g/mol. The van der Waals surface area contributed by atoms with Crippen LogP contribution in [0.5, 0.6) is 0 Å². The average Bonchev–Trinajstić information content (AvgIpc) is 2.91. The Kier molecular flexibility index (Phi) is 5.45. The van der Waals surface area contributed by atoms with Gasteiger partial charge < -0.3 is 9.47 Å². The molecule has 1 aliphatic heterocycles. The molecule has 4 heteroatoms. The highest BCUT2D eigenvalue weighted by Gasteiger charge is 2.34. The number of carbonyl (C=O) groups excluding carboxylic acids is 1.